The summed E-state index contributed by atoms with van der Waals surface area (Å²) < 4.78 is 24.4. The van der Waals surface area contributed by atoms with Crippen LogP contribution in [0.2, 0.25) is 0 Å². The summed E-state index contributed by atoms with van der Waals surface area (Å²) in [7, 11) is -3.09. The van der Waals surface area contributed by atoms with Crippen molar-refractivity contribution in [3.05, 3.63) is 12.7 Å². The molecular formula is C5H8NaO6S. The van der Waals surface area contributed by atoms with E-state index in [2.05, 4.69) is 10.8 Å². The number of carbonyl (C=O) groups is 1. The Hall–Kier alpha value is -0.210. The summed E-state index contributed by atoms with van der Waals surface area (Å²) in [4.78, 5) is 18.5. The second kappa shape index (κ2) is 9.87. The van der Waals surface area contributed by atoms with Gasteiger partial charge in [0.15, 0.2) is 0 Å². The molecule has 1 N–H and O–H groups in total. The van der Waals surface area contributed by atoms with Crippen molar-refractivity contribution in [1.82, 2.24) is 0 Å². The molecular weight excluding hydrogens is 211 g/mol. The molecule has 0 amide bonds. The van der Waals surface area contributed by atoms with Crippen LogP contribution in [0.5, 0.6) is 0 Å². The molecule has 0 aliphatic heterocycles. The van der Waals surface area contributed by atoms with Gasteiger partial charge in [-0.2, -0.15) is 8.42 Å². The number of rotatable bonds is 2. The molecule has 0 spiro atoms. The zero-order valence-corrected chi connectivity index (χ0v) is 7.00. The molecule has 0 rings (SSSR count). The van der Waals surface area contributed by atoms with Crippen LogP contribution in [-0.4, -0.2) is 61.8 Å². The maximum absolute atomic E-state index is 10.3. The molecule has 0 fully saturated rings. The third-order valence-corrected chi connectivity index (χ3v) is 1.73. The fourth-order valence-electron chi connectivity index (χ4n) is 0.184. The van der Waals surface area contributed by atoms with E-state index in [0.29, 0.717) is 12.5 Å². The van der Waals surface area contributed by atoms with Crippen molar-refractivity contribution in [2.24, 2.45) is 0 Å². The zero-order chi connectivity index (χ0) is 10.2. The number of hydrogen-bond donors (Lipinski definition) is 1. The monoisotopic (exact) mass is 219 g/mol. The first-order valence-electron chi connectivity index (χ1n) is 2.44. The van der Waals surface area contributed by atoms with Gasteiger partial charge in [-0.25, -0.2) is 4.79 Å². The normalized spacial score (nSPS) is 8.38. The first kappa shape index (κ1) is 18.5. The van der Waals surface area contributed by atoms with Crippen LogP contribution in [0.4, 0.5) is 0 Å². The molecule has 0 bridgehead atoms. The van der Waals surface area contributed by atoms with Crippen LogP contribution in [-0.2, 0) is 23.9 Å². The van der Waals surface area contributed by atoms with E-state index in [-0.39, 0.29) is 29.6 Å². The Bertz CT molecular complexity index is 256. The van der Waals surface area contributed by atoms with E-state index < -0.39 is 15.2 Å². The Morgan fingerprint density at radius 2 is 1.92 bits per heavy atom. The van der Waals surface area contributed by atoms with Crippen LogP contribution in [0.25, 0.3) is 0 Å². The van der Waals surface area contributed by atoms with E-state index in [4.69, 9.17) is 9.90 Å². The molecule has 0 unspecified atom stereocenters. The van der Waals surface area contributed by atoms with E-state index in [0.717, 1.165) is 7.11 Å². The van der Waals surface area contributed by atoms with Gasteiger partial charge in [0.05, 0.1) is 7.11 Å². The molecule has 0 atom stereocenters. The van der Waals surface area contributed by atoms with Gasteiger partial charge in [0.1, 0.15) is 0 Å². The predicted molar refractivity (Wildman–Crippen MR) is 46.6 cm³/mol. The average Bonchev–Trinajstić information content (AvgIpc) is 2.04. The summed E-state index contributed by atoms with van der Waals surface area (Å²) in [5, 5.41) is 5.64. The molecule has 71 valence electrons. The standard InChI is InChI=1S/C4H6O4S.CHO2.Na.H/c1-3-4(5)9(6,7)8-2;2-1-3;;/h3H,1H2,2H3;(H,2,3);;. The maximum atomic E-state index is 10.3. The topological polar surface area (TPSA) is 97.7 Å². The van der Waals surface area contributed by atoms with Crippen molar-refractivity contribution < 1.29 is 27.3 Å². The molecule has 0 aromatic carbocycles. The molecule has 0 heterocycles. The van der Waals surface area contributed by atoms with Crippen molar-refractivity contribution in [2.75, 3.05) is 7.11 Å². The summed E-state index contributed by atoms with van der Waals surface area (Å²) in [5.74, 6) is 0. The molecule has 1 radical (unpaired) electrons. The van der Waals surface area contributed by atoms with Crippen molar-refractivity contribution in [1.29, 1.82) is 0 Å². The van der Waals surface area contributed by atoms with Gasteiger partial charge in [-0.1, -0.05) is 6.58 Å². The van der Waals surface area contributed by atoms with E-state index in [1.54, 1.807) is 0 Å². The van der Waals surface area contributed by atoms with Crippen molar-refractivity contribution >= 4 is 51.3 Å². The van der Waals surface area contributed by atoms with Crippen LogP contribution < -0.4 is 0 Å². The molecule has 8 heteroatoms. The molecule has 0 saturated carbocycles. The molecule has 6 nitrogen and oxygen atoms in total. The number of aliphatic hydroxyl groups excluding tert-OH is 1. The van der Waals surface area contributed by atoms with Crippen LogP contribution in [0.1, 0.15) is 0 Å². The summed E-state index contributed by atoms with van der Waals surface area (Å²) >= 11 is 0. The third kappa shape index (κ3) is 9.71. The minimum absolute atomic E-state index is 0. The first-order valence-corrected chi connectivity index (χ1v) is 3.85. The minimum atomic E-state index is -4.01. The van der Waals surface area contributed by atoms with E-state index in [9.17, 15) is 13.2 Å². The summed E-state index contributed by atoms with van der Waals surface area (Å²) in [6.45, 7) is 3.47. The second-order valence-electron chi connectivity index (χ2n) is 1.24. The number of carbonyl (C=O) groups excluding carboxylic acids is 1. The van der Waals surface area contributed by atoms with Gasteiger partial charge in [-0.05, 0) is 6.08 Å². The Kier molecular flexibility index (Phi) is 14.1. The van der Waals surface area contributed by atoms with E-state index in [1.165, 1.54) is 0 Å². The molecule has 0 saturated heterocycles. The van der Waals surface area contributed by atoms with Crippen LogP contribution in [0.3, 0.4) is 0 Å². The van der Waals surface area contributed by atoms with Crippen LogP contribution >= 0.6 is 0 Å². The third-order valence-electron chi connectivity index (χ3n) is 0.632. The molecule has 0 aromatic heterocycles. The van der Waals surface area contributed by atoms with Gasteiger partial charge in [0.25, 0.3) is 5.12 Å². The van der Waals surface area contributed by atoms with E-state index >= 15 is 0 Å². The Morgan fingerprint density at radius 1 is 1.62 bits per heavy atom. The average molecular weight is 219 g/mol. The Balaban J connectivity index is -0.000000220. The molecule has 13 heavy (non-hydrogen) atoms. The van der Waals surface area contributed by atoms with Crippen molar-refractivity contribution in [2.45, 2.75) is 0 Å². The summed E-state index contributed by atoms with van der Waals surface area (Å²) in [5.41, 5.74) is 0. The van der Waals surface area contributed by atoms with Gasteiger partial charge in [-0.15, -0.1) is 0 Å². The van der Waals surface area contributed by atoms with E-state index in [1.807, 2.05) is 0 Å². The van der Waals surface area contributed by atoms with Gasteiger partial charge < -0.3 is 5.11 Å². The molecule has 0 aliphatic rings. The Labute approximate surface area is 98.0 Å². The van der Waals surface area contributed by atoms with Gasteiger partial charge >= 0.3 is 46.1 Å². The molecule has 0 aromatic rings. The van der Waals surface area contributed by atoms with Crippen molar-refractivity contribution in [3.63, 3.8) is 0 Å². The van der Waals surface area contributed by atoms with Crippen LogP contribution in [0, 0.1) is 0 Å². The van der Waals surface area contributed by atoms with Gasteiger partial charge in [-0.3, -0.25) is 8.98 Å². The predicted octanol–water partition coefficient (Wildman–Crippen LogP) is -1.36. The quantitative estimate of drug-likeness (QED) is 0.350. The van der Waals surface area contributed by atoms with Gasteiger partial charge in [0, 0.05) is 0 Å². The SMILES string of the molecule is C=CC(=O)S(=O)(=O)OC.O=[C]O.[NaH]. The second-order valence-corrected chi connectivity index (χ2v) is 2.88. The van der Waals surface area contributed by atoms with Crippen molar-refractivity contribution in [3.8, 4) is 0 Å². The first-order chi connectivity index (χ1) is 5.46. The van der Waals surface area contributed by atoms with Gasteiger partial charge in [0.2, 0.25) is 0 Å². The molecule has 0 aliphatic carbocycles. The summed E-state index contributed by atoms with van der Waals surface area (Å²) in [6.07, 6.45) is 0.679. The number of hydrogen-bond acceptors (Lipinski definition) is 5. The Morgan fingerprint density at radius 3 is 2.00 bits per heavy atom. The fourth-order valence-corrected chi connectivity index (χ4v) is 0.553. The zero-order valence-electron chi connectivity index (χ0n) is 6.18. The van der Waals surface area contributed by atoms with Crippen LogP contribution in [0.15, 0.2) is 12.7 Å². The summed E-state index contributed by atoms with van der Waals surface area (Å²) in [6, 6.07) is 0. The fraction of sp³-hybridized carbons (Fsp3) is 0.200.